The zero-order chi connectivity index (χ0) is 15.2. The summed E-state index contributed by atoms with van der Waals surface area (Å²) in [6.45, 7) is 4.41. The van der Waals surface area contributed by atoms with E-state index < -0.39 is 0 Å². The van der Waals surface area contributed by atoms with Gasteiger partial charge in [0.05, 0.1) is 4.92 Å². The molecular formula is C17H26N2O2. The van der Waals surface area contributed by atoms with Crippen molar-refractivity contribution in [1.82, 2.24) is 5.32 Å². The normalized spacial score (nSPS) is 19.7. The van der Waals surface area contributed by atoms with Gasteiger partial charge in [0.15, 0.2) is 0 Å². The van der Waals surface area contributed by atoms with E-state index in [1.807, 2.05) is 12.1 Å². The Morgan fingerprint density at radius 2 is 1.67 bits per heavy atom. The van der Waals surface area contributed by atoms with Crippen LogP contribution in [0.4, 0.5) is 5.69 Å². The minimum absolute atomic E-state index is 0.155. The van der Waals surface area contributed by atoms with Crippen LogP contribution in [0.1, 0.15) is 64.0 Å². The summed E-state index contributed by atoms with van der Waals surface area (Å²) >= 11 is 0. The Morgan fingerprint density at radius 3 is 2.19 bits per heavy atom. The molecule has 0 spiro atoms. The third-order valence-corrected chi connectivity index (χ3v) is 4.72. The van der Waals surface area contributed by atoms with Gasteiger partial charge in [0, 0.05) is 24.2 Å². The first-order chi connectivity index (χ1) is 10.1. The number of nitrogens with zero attached hydrogens (tertiary/aromatic N) is 1. The first-order valence-corrected chi connectivity index (χ1v) is 8.08. The van der Waals surface area contributed by atoms with E-state index in [2.05, 4.69) is 19.2 Å². The van der Waals surface area contributed by atoms with Crippen LogP contribution in [-0.2, 0) is 0 Å². The maximum absolute atomic E-state index is 10.7. The van der Waals surface area contributed by atoms with E-state index in [9.17, 15) is 10.1 Å². The topological polar surface area (TPSA) is 55.2 Å². The summed E-state index contributed by atoms with van der Waals surface area (Å²) in [6, 6.07) is 7.61. The number of benzene rings is 1. The van der Waals surface area contributed by atoms with Gasteiger partial charge >= 0.3 is 0 Å². The van der Waals surface area contributed by atoms with Gasteiger partial charge < -0.3 is 5.32 Å². The Bertz CT molecular complexity index is 450. The Labute approximate surface area is 127 Å². The minimum Gasteiger partial charge on any atom is -0.307 e. The van der Waals surface area contributed by atoms with Gasteiger partial charge in [-0.05, 0) is 38.2 Å². The van der Waals surface area contributed by atoms with Crippen molar-refractivity contribution in [2.45, 2.75) is 64.5 Å². The fourth-order valence-corrected chi connectivity index (χ4v) is 3.32. The smallest absolute Gasteiger partial charge is 0.269 e. The van der Waals surface area contributed by atoms with Crippen LogP contribution in [0.25, 0.3) is 0 Å². The molecule has 0 radical (unpaired) electrons. The van der Waals surface area contributed by atoms with E-state index in [-0.39, 0.29) is 16.7 Å². The molecular weight excluding hydrogens is 264 g/mol. The predicted octanol–water partition coefficient (Wildman–Crippen LogP) is 4.60. The van der Waals surface area contributed by atoms with Gasteiger partial charge in [0.1, 0.15) is 0 Å². The number of nitro benzene ring substituents is 1. The van der Waals surface area contributed by atoms with Crippen molar-refractivity contribution in [2.75, 3.05) is 0 Å². The lowest BCUT2D eigenvalue weighted by Gasteiger charge is -2.27. The van der Waals surface area contributed by atoms with Gasteiger partial charge in [-0.15, -0.1) is 0 Å². The zero-order valence-electron chi connectivity index (χ0n) is 13.0. The lowest BCUT2D eigenvalue weighted by atomic mass is 9.92. The van der Waals surface area contributed by atoms with E-state index in [1.54, 1.807) is 12.1 Å². The summed E-state index contributed by atoms with van der Waals surface area (Å²) in [6.07, 6.45) is 8.09. The molecule has 1 aliphatic carbocycles. The predicted molar refractivity (Wildman–Crippen MR) is 85.3 cm³/mol. The number of hydrogen-bond acceptors (Lipinski definition) is 3. The maximum Gasteiger partial charge on any atom is 0.269 e. The van der Waals surface area contributed by atoms with Gasteiger partial charge in [-0.25, -0.2) is 0 Å². The monoisotopic (exact) mass is 290 g/mol. The third kappa shape index (κ3) is 4.53. The van der Waals surface area contributed by atoms with E-state index in [1.165, 1.54) is 38.5 Å². The molecule has 1 N–H and O–H groups in total. The highest BCUT2D eigenvalue weighted by molar-refractivity contribution is 5.34. The van der Waals surface area contributed by atoms with Crippen molar-refractivity contribution < 1.29 is 4.92 Å². The summed E-state index contributed by atoms with van der Waals surface area (Å²) in [7, 11) is 0. The Hall–Kier alpha value is -1.42. The highest BCUT2D eigenvalue weighted by Gasteiger charge is 2.20. The van der Waals surface area contributed by atoms with Crippen LogP contribution in [0.5, 0.6) is 0 Å². The second-order valence-electron chi connectivity index (χ2n) is 6.28. The van der Waals surface area contributed by atoms with Crippen LogP contribution in [0.3, 0.4) is 0 Å². The number of rotatable bonds is 5. The van der Waals surface area contributed by atoms with E-state index in [0.29, 0.717) is 6.04 Å². The second kappa shape index (κ2) is 7.55. The van der Waals surface area contributed by atoms with Crippen molar-refractivity contribution in [3.05, 3.63) is 39.9 Å². The third-order valence-electron chi connectivity index (χ3n) is 4.72. The molecule has 1 saturated carbocycles. The second-order valence-corrected chi connectivity index (χ2v) is 6.28. The summed E-state index contributed by atoms with van der Waals surface area (Å²) in [5, 5.41) is 14.4. The van der Waals surface area contributed by atoms with Crippen LogP contribution in [0, 0.1) is 16.0 Å². The van der Waals surface area contributed by atoms with Crippen molar-refractivity contribution in [1.29, 1.82) is 0 Å². The maximum atomic E-state index is 10.7. The fraction of sp³-hybridized carbons (Fsp3) is 0.647. The van der Waals surface area contributed by atoms with Crippen LogP contribution in [0.2, 0.25) is 0 Å². The number of nitro groups is 1. The summed E-state index contributed by atoms with van der Waals surface area (Å²) < 4.78 is 0. The summed E-state index contributed by atoms with van der Waals surface area (Å²) in [4.78, 5) is 10.3. The molecule has 1 fully saturated rings. The first-order valence-electron chi connectivity index (χ1n) is 8.08. The number of non-ortho nitro benzene ring substituents is 1. The van der Waals surface area contributed by atoms with Gasteiger partial charge in [-0.1, -0.05) is 37.8 Å². The van der Waals surface area contributed by atoms with Crippen LogP contribution in [0.15, 0.2) is 24.3 Å². The molecule has 0 heterocycles. The standard InChI is InChI=1S/C17H26N2O2/c1-13(15-7-5-3-4-6-8-15)18-14(2)16-9-11-17(12-10-16)19(20)21/h9-15,18H,3-8H2,1-2H3/t13-,14?/m0/s1. The molecule has 2 atom stereocenters. The van der Waals surface area contributed by atoms with Crippen molar-refractivity contribution in [3.8, 4) is 0 Å². The number of nitrogens with one attached hydrogen (secondary N) is 1. The molecule has 0 amide bonds. The Balaban J connectivity index is 1.93. The molecule has 0 aliphatic heterocycles. The Kier molecular flexibility index (Phi) is 5.74. The molecule has 1 unspecified atom stereocenters. The van der Waals surface area contributed by atoms with Gasteiger partial charge in [0.25, 0.3) is 5.69 Å². The van der Waals surface area contributed by atoms with Crippen molar-refractivity contribution in [3.63, 3.8) is 0 Å². The highest BCUT2D eigenvalue weighted by Crippen LogP contribution is 2.27. The largest absolute Gasteiger partial charge is 0.307 e. The molecule has 0 bridgehead atoms. The van der Waals surface area contributed by atoms with Gasteiger partial charge in [-0.2, -0.15) is 0 Å². The first kappa shape index (κ1) is 16.0. The molecule has 116 valence electrons. The average Bonchev–Trinajstić information content (AvgIpc) is 2.76. The van der Waals surface area contributed by atoms with E-state index in [4.69, 9.17) is 0 Å². The lowest BCUT2D eigenvalue weighted by Crippen LogP contribution is -2.35. The van der Waals surface area contributed by atoms with Gasteiger partial charge in [-0.3, -0.25) is 10.1 Å². The quantitative estimate of drug-likeness (QED) is 0.489. The van der Waals surface area contributed by atoms with Crippen molar-refractivity contribution >= 4 is 5.69 Å². The minimum atomic E-state index is -0.351. The lowest BCUT2D eigenvalue weighted by molar-refractivity contribution is -0.384. The molecule has 21 heavy (non-hydrogen) atoms. The molecule has 1 aromatic rings. The molecule has 0 aromatic heterocycles. The summed E-state index contributed by atoms with van der Waals surface area (Å²) in [5.74, 6) is 0.757. The molecule has 1 aliphatic rings. The zero-order valence-corrected chi connectivity index (χ0v) is 13.0. The van der Waals surface area contributed by atoms with Gasteiger partial charge in [0.2, 0.25) is 0 Å². The molecule has 4 nitrogen and oxygen atoms in total. The Morgan fingerprint density at radius 1 is 1.10 bits per heavy atom. The molecule has 4 heteroatoms. The molecule has 1 aromatic carbocycles. The van der Waals surface area contributed by atoms with Crippen LogP contribution < -0.4 is 5.32 Å². The van der Waals surface area contributed by atoms with Crippen LogP contribution >= 0.6 is 0 Å². The number of hydrogen-bond donors (Lipinski definition) is 1. The van der Waals surface area contributed by atoms with Crippen LogP contribution in [-0.4, -0.2) is 11.0 Å². The van der Waals surface area contributed by atoms with E-state index >= 15 is 0 Å². The van der Waals surface area contributed by atoms with Crippen molar-refractivity contribution in [2.24, 2.45) is 5.92 Å². The highest BCUT2D eigenvalue weighted by atomic mass is 16.6. The molecule has 2 rings (SSSR count). The summed E-state index contributed by atoms with van der Waals surface area (Å²) in [5.41, 5.74) is 1.27. The average molecular weight is 290 g/mol. The fourth-order valence-electron chi connectivity index (χ4n) is 3.32. The SMILES string of the molecule is CC(N[C@@H](C)C1CCCCCC1)c1ccc([N+](=O)[O-])cc1. The molecule has 0 saturated heterocycles. The van der Waals surface area contributed by atoms with E-state index in [0.717, 1.165) is 11.5 Å².